The maximum atomic E-state index is 5.34. The molecule has 0 fully saturated rings. The van der Waals surface area contributed by atoms with Gasteiger partial charge in [0, 0.05) is 22.5 Å². The number of amidine groups is 2. The SMILES string of the molecule is CC1(C)c2ccccc2-c2ccc(C3N=C(c4ccc5c(c4)C(C)(C)C4C=CC=CC54)NC(c4ccc5ccccc5c4)=N3)cc21. The molecule has 5 aromatic carbocycles. The number of nitrogens with one attached hydrogen (secondary N) is 1. The molecule has 0 saturated carbocycles. The average Bonchev–Trinajstić information content (AvgIpc) is 3.47. The summed E-state index contributed by atoms with van der Waals surface area (Å²) in [6.07, 6.45) is 8.78. The number of fused-ring (bicyclic) bond motifs is 7. The third kappa shape index (κ3) is 3.97. The highest BCUT2D eigenvalue weighted by Crippen LogP contribution is 2.53. The fourth-order valence-electron chi connectivity index (χ4n) is 8.44. The molecule has 3 atom stereocenters. The van der Waals surface area contributed by atoms with Crippen molar-refractivity contribution in [2.24, 2.45) is 15.9 Å². The van der Waals surface area contributed by atoms with Crippen molar-refractivity contribution < 1.29 is 0 Å². The first-order chi connectivity index (χ1) is 22.3. The summed E-state index contributed by atoms with van der Waals surface area (Å²) >= 11 is 0. The highest BCUT2D eigenvalue weighted by atomic mass is 15.2. The Labute approximate surface area is 271 Å². The van der Waals surface area contributed by atoms with E-state index in [-0.39, 0.29) is 17.0 Å². The molecule has 3 unspecified atom stereocenters. The van der Waals surface area contributed by atoms with Crippen molar-refractivity contribution in [2.45, 2.75) is 50.6 Å². The van der Waals surface area contributed by atoms with E-state index in [0.29, 0.717) is 11.8 Å². The molecular formula is C43H37N3. The monoisotopic (exact) mass is 595 g/mol. The van der Waals surface area contributed by atoms with E-state index in [1.165, 1.54) is 44.2 Å². The molecular weight excluding hydrogens is 558 g/mol. The van der Waals surface area contributed by atoms with Crippen molar-refractivity contribution in [3.05, 3.63) is 166 Å². The number of hydrogen-bond acceptors (Lipinski definition) is 3. The summed E-state index contributed by atoms with van der Waals surface area (Å²) < 4.78 is 0. The van der Waals surface area contributed by atoms with E-state index >= 15 is 0 Å². The summed E-state index contributed by atoms with van der Waals surface area (Å²) in [6.45, 7) is 9.43. The van der Waals surface area contributed by atoms with Crippen molar-refractivity contribution in [2.75, 3.05) is 0 Å². The van der Waals surface area contributed by atoms with Crippen LogP contribution in [0.25, 0.3) is 21.9 Å². The van der Waals surface area contributed by atoms with Crippen LogP contribution in [-0.2, 0) is 10.8 Å². The molecule has 1 heterocycles. The standard InChI is InChI=1S/C43H37N3/c1-42(2)35-15-9-7-13-31(35)33-21-19-29(24-37(33)42)40-44-39(28-18-17-26-11-5-6-12-27(26)23-28)45-41(46-40)30-20-22-34-32-14-8-10-16-36(32)43(3,4)38(34)25-30/h5-25,31,35,41H,1-4H3,(H,44,45,46). The lowest BCUT2D eigenvalue weighted by atomic mass is 9.74. The second kappa shape index (κ2) is 9.74. The molecule has 0 radical (unpaired) electrons. The van der Waals surface area contributed by atoms with Crippen molar-refractivity contribution in [1.82, 2.24) is 5.32 Å². The van der Waals surface area contributed by atoms with Gasteiger partial charge in [0.05, 0.1) is 0 Å². The highest BCUT2D eigenvalue weighted by molar-refractivity contribution is 6.16. The van der Waals surface area contributed by atoms with Crippen LogP contribution in [0.15, 0.2) is 137 Å². The maximum absolute atomic E-state index is 5.34. The summed E-state index contributed by atoms with van der Waals surface area (Å²) in [4.78, 5) is 10.6. The van der Waals surface area contributed by atoms with Gasteiger partial charge in [-0.2, -0.15) is 0 Å². The van der Waals surface area contributed by atoms with Crippen LogP contribution in [0.1, 0.15) is 78.7 Å². The Kier molecular flexibility index (Phi) is 5.78. The van der Waals surface area contributed by atoms with Crippen molar-refractivity contribution in [3.8, 4) is 11.1 Å². The van der Waals surface area contributed by atoms with Gasteiger partial charge in [-0.3, -0.25) is 0 Å². The lowest BCUT2D eigenvalue weighted by molar-refractivity contribution is 0.394. The molecule has 5 aromatic rings. The molecule has 224 valence electrons. The Balaban J connectivity index is 1.17. The van der Waals surface area contributed by atoms with Gasteiger partial charge in [0.1, 0.15) is 11.7 Å². The molecule has 1 N–H and O–H groups in total. The molecule has 0 bridgehead atoms. The fraction of sp³-hybridized carbons (Fsp3) is 0.209. The zero-order valence-electron chi connectivity index (χ0n) is 26.8. The molecule has 3 heteroatoms. The van der Waals surface area contributed by atoms with Gasteiger partial charge in [-0.25, -0.2) is 9.98 Å². The van der Waals surface area contributed by atoms with E-state index in [1.807, 2.05) is 0 Å². The first kappa shape index (κ1) is 27.3. The molecule has 4 aliphatic rings. The van der Waals surface area contributed by atoms with Gasteiger partial charge < -0.3 is 5.32 Å². The first-order valence-corrected chi connectivity index (χ1v) is 16.4. The quantitative estimate of drug-likeness (QED) is 0.221. The third-order valence-electron chi connectivity index (χ3n) is 11.0. The first-order valence-electron chi connectivity index (χ1n) is 16.4. The Morgan fingerprint density at radius 1 is 0.587 bits per heavy atom. The fourth-order valence-corrected chi connectivity index (χ4v) is 8.44. The van der Waals surface area contributed by atoms with Gasteiger partial charge in [0.2, 0.25) is 0 Å². The number of rotatable bonds is 3. The van der Waals surface area contributed by atoms with Crippen LogP contribution in [0.3, 0.4) is 0 Å². The smallest absolute Gasteiger partial charge is 0.169 e. The van der Waals surface area contributed by atoms with Crippen molar-refractivity contribution in [1.29, 1.82) is 0 Å². The molecule has 46 heavy (non-hydrogen) atoms. The summed E-state index contributed by atoms with van der Waals surface area (Å²) in [6, 6.07) is 37.7. The van der Waals surface area contributed by atoms with Gasteiger partial charge in [0.25, 0.3) is 0 Å². The Morgan fingerprint density at radius 3 is 2.13 bits per heavy atom. The second-order valence-corrected chi connectivity index (χ2v) is 14.3. The minimum atomic E-state index is -0.364. The maximum Gasteiger partial charge on any atom is 0.169 e. The molecule has 0 saturated heterocycles. The van der Waals surface area contributed by atoms with Crippen LogP contribution < -0.4 is 5.32 Å². The van der Waals surface area contributed by atoms with Crippen LogP contribution in [0.5, 0.6) is 0 Å². The van der Waals surface area contributed by atoms with Gasteiger partial charge in [-0.1, -0.05) is 143 Å². The molecule has 3 aliphatic carbocycles. The molecule has 3 nitrogen and oxygen atoms in total. The van der Waals surface area contributed by atoms with E-state index in [1.54, 1.807) is 0 Å². The van der Waals surface area contributed by atoms with E-state index in [2.05, 4.69) is 160 Å². The molecule has 9 rings (SSSR count). The van der Waals surface area contributed by atoms with Crippen molar-refractivity contribution >= 4 is 22.4 Å². The topological polar surface area (TPSA) is 36.8 Å². The minimum absolute atomic E-state index is 0.0295. The Hall–Kier alpha value is -5.02. The highest BCUT2D eigenvalue weighted by Gasteiger charge is 2.44. The summed E-state index contributed by atoms with van der Waals surface area (Å²) in [5.41, 5.74) is 11.4. The lowest BCUT2D eigenvalue weighted by Crippen LogP contribution is -2.36. The number of nitrogens with zero attached hydrogens (tertiary/aromatic N) is 2. The normalized spacial score (nSPS) is 22.7. The Morgan fingerprint density at radius 2 is 1.28 bits per heavy atom. The van der Waals surface area contributed by atoms with Crippen molar-refractivity contribution in [3.63, 3.8) is 0 Å². The molecule has 1 aliphatic heterocycles. The van der Waals surface area contributed by atoms with Crippen LogP contribution in [0.2, 0.25) is 0 Å². The van der Waals surface area contributed by atoms with Crippen LogP contribution in [0.4, 0.5) is 0 Å². The lowest BCUT2D eigenvalue weighted by Gasteiger charge is -2.29. The van der Waals surface area contributed by atoms with Crippen LogP contribution >= 0.6 is 0 Å². The zero-order chi connectivity index (χ0) is 31.2. The van der Waals surface area contributed by atoms with E-state index < -0.39 is 0 Å². The number of benzene rings is 5. The summed E-state index contributed by atoms with van der Waals surface area (Å²) in [5.74, 6) is 2.60. The van der Waals surface area contributed by atoms with E-state index in [4.69, 9.17) is 9.98 Å². The van der Waals surface area contributed by atoms with Gasteiger partial charge in [-0.15, -0.1) is 0 Å². The van der Waals surface area contributed by atoms with E-state index in [9.17, 15) is 0 Å². The predicted molar refractivity (Wildman–Crippen MR) is 191 cm³/mol. The third-order valence-corrected chi connectivity index (χ3v) is 11.0. The summed E-state index contributed by atoms with van der Waals surface area (Å²) in [5, 5.41) is 6.11. The number of aliphatic imine (C=N–C) groups is 2. The minimum Gasteiger partial charge on any atom is -0.324 e. The van der Waals surface area contributed by atoms with Gasteiger partial charge in [0.15, 0.2) is 6.17 Å². The summed E-state index contributed by atoms with van der Waals surface area (Å²) in [7, 11) is 0. The number of allylic oxidation sites excluding steroid dienone is 4. The van der Waals surface area contributed by atoms with E-state index in [0.717, 1.165) is 28.4 Å². The molecule has 0 aromatic heterocycles. The zero-order valence-corrected chi connectivity index (χ0v) is 26.8. The van der Waals surface area contributed by atoms with Crippen LogP contribution in [0, 0.1) is 5.92 Å². The average molecular weight is 596 g/mol. The largest absolute Gasteiger partial charge is 0.324 e. The predicted octanol–water partition coefficient (Wildman–Crippen LogP) is 9.76. The Bertz CT molecular complexity index is 2210. The van der Waals surface area contributed by atoms with Gasteiger partial charge in [-0.05, 0) is 73.2 Å². The molecule has 0 spiro atoms. The second-order valence-electron chi connectivity index (χ2n) is 14.3. The van der Waals surface area contributed by atoms with Gasteiger partial charge >= 0.3 is 0 Å². The van der Waals surface area contributed by atoms with Crippen LogP contribution in [-0.4, -0.2) is 11.7 Å². The molecule has 0 amide bonds. The number of hydrogen-bond donors (Lipinski definition) is 1.